The van der Waals surface area contributed by atoms with Gasteiger partial charge in [-0.15, -0.1) is 0 Å². The predicted molar refractivity (Wildman–Crippen MR) is 121 cm³/mol. The Morgan fingerprint density at radius 3 is 2.03 bits per heavy atom. The van der Waals surface area contributed by atoms with Gasteiger partial charge in [0.1, 0.15) is 17.3 Å². The second-order valence-corrected chi connectivity index (χ2v) is 6.76. The van der Waals surface area contributed by atoms with E-state index in [0.29, 0.717) is 28.4 Å². The molecule has 2 amide bonds. The van der Waals surface area contributed by atoms with Crippen LogP contribution in [0, 0.1) is 5.82 Å². The summed E-state index contributed by atoms with van der Waals surface area (Å²) < 4.78 is 34.2. The molecule has 0 unspecified atom stereocenters. The predicted octanol–water partition coefficient (Wildman–Crippen LogP) is 4.12. The molecule has 0 saturated carbocycles. The molecule has 0 aliphatic carbocycles. The fourth-order valence-corrected chi connectivity index (χ4v) is 2.88. The number of carbonyl (C=O) groups is 2. The van der Waals surface area contributed by atoms with Gasteiger partial charge in [0.05, 0.1) is 21.3 Å². The van der Waals surface area contributed by atoms with Gasteiger partial charge < -0.3 is 29.6 Å². The summed E-state index contributed by atoms with van der Waals surface area (Å²) in [6, 6.07) is 15.0. The van der Waals surface area contributed by atoms with Gasteiger partial charge in [-0.1, -0.05) is 0 Å². The van der Waals surface area contributed by atoms with Crippen LogP contribution in [0.25, 0.3) is 0 Å². The Kier molecular flexibility index (Phi) is 7.69. The van der Waals surface area contributed by atoms with E-state index in [1.54, 1.807) is 24.3 Å². The summed E-state index contributed by atoms with van der Waals surface area (Å²) in [6.07, 6.45) is 0. The number of methoxy groups -OCH3 is 3. The molecule has 172 valence electrons. The van der Waals surface area contributed by atoms with Crippen LogP contribution in [-0.4, -0.2) is 39.8 Å². The van der Waals surface area contributed by atoms with Crippen LogP contribution in [0.3, 0.4) is 0 Å². The highest BCUT2D eigenvalue weighted by atomic mass is 19.1. The van der Waals surface area contributed by atoms with E-state index >= 15 is 0 Å². The smallest absolute Gasteiger partial charge is 0.262 e. The van der Waals surface area contributed by atoms with Crippen LogP contribution >= 0.6 is 0 Å². The number of carbonyl (C=O) groups excluding carboxylic acids is 2. The third-order valence-electron chi connectivity index (χ3n) is 4.52. The number of benzene rings is 3. The van der Waals surface area contributed by atoms with E-state index in [0.717, 1.165) is 0 Å². The lowest BCUT2D eigenvalue weighted by Crippen LogP contribution is -2.20. The van der Waals surface area contributed by atoms with Crippen LogP contribution in [0.1, 0.15) is 10.4 Å². The number of halogens is 1. The molecule has 0 aliphatic rings. The summed E-state index contributed by atoms with van der Waals surface area (Å²) in [4.78, 5) is 24.8. The van der Waals surface area contributed by atoms with Gasteiger partial charge in [-0.2, -0.15) is 0 Å². The van der Waals surface area contributed by atoms with Gasteiger partial charge >= 0.3 is 0 Å². The molecular formula is C24H23FN2O6. The minimum Gasteiger partial charge on any atom is -0.497 e. The Morgan fingerprint density at radius 2 is 1.42 bits per heavy atom. The topological polar surface area (TPSA) is 95.1 Å². The van der Waals surface area contributed by atoms with Crippen LogP contribution in [0.2, 0.25) is 0 Å². The molecule has 0 spiro atoms. The number of anilines is 2. The number of rotatable bonds is 9. The van der Waals surface area contributed by atoms with E-state index in [1.807, 2.05) is 0 Å². The van der Waals surface area contributed by atoms with Crippen molar-refractivity contribution in [2.24, 2.45) is 0 Å². The first-order chi connectivity index (χ1) is 15.9. The maximum atomic E-state index is 13.0. The molecule has 0 bridgehead atoms. The first kappa shape index (κ1) is 23.4. The average Bonchev–Trinajstić information content (AvgIpc) is 2.83. The van der Waals surface area contributed by atoms with Gasteiger partial charge in [-0.25, -0.2) is 4.39 Å². The zero-order valence-electron chi connectivity index (χ0n) is 18.3. The largest absolute Gasteiger partial charge is 0.497 e. The second-order valence-electron chi connectivity index (χ2n) is 6.76. The van der Waals surface area contributed by atoms with Gasteiger partial charge in [-0.05, 0) is 42.5 Å². The molecule has 0 aliphatic heterocycles. The number of ether oxygens (including phenoxy) is 4. The van der Waals surface area contributed by atoms with Crippen molar-refractivity contribution in [1.29, 1.82) is 0 Å². The molecule has 3 rings (SSSR count). The minimum atomic E-state index is -0.433. The van der Waals surface area contributed by atoms with Crippen molar-refractivity contribution in [2.45, 2.75) is 0 Å². The first-order valence-corrected chi connectivity index (χ1v) is 9.82. The molecule has 3 aromatic rings. The Bertz CT molecular complexity index is 1110. The summed E-state index contributed by atoms with van der Waals surface area (Å²) in [5.41, 5.74) is 1.25. The van der Waals surface area contributed by atoms with Gasteiger partial charge in [0.25, 0.3) is 11.8 Å². The Balaban J connectivity index is 1.65. The van der Waals surface area contributed by atoms with E-state index in [4.69, 9.17) is 18.9 Å². The number of amides is 2. The van der Waals surface area contributed by atoms with Crippen LogP contribution in [0.4, 0.5) is 15.8 Å². The SMILES string of the molecule is COc1cc(NC(=O)c2ccc(OCC(=O)Nc3ccc(F)cc3)c(OC)c2)cc(OC)c1. The Hall–Kier alpha value is -4.27. The van der Waals surface area contributed by atoms with Crippen LogP contribution < -0.4 is 29.6 Å². The Morgan fingerprint density at radius 1 is 0.758 bits per heavy atom. The Labute approximate surface area is 190 Å². The molecule has 2 N–H and O–H groups in total. The summed E-state index contributed by atoms with van der Waals surface area (Å²) in [5, 5.41) is 5.37. The minimum absolute atomic E-state index is 0.278. The average molecular weight is 454 g/mol. The quantitative estimate of drug-likeness (QED) is 0.505. The highest BCUT2D eigenvalue weighted by Gasteiger charge is 2.14. The standard InChI is InChI=1S/C24H23FN2O6/c1-30-19-11-18(12-20(13-19)31-2)27-24(29)15-4-9-21(22(10-15)32-3)33-14-23(28)26-17-7-5-16(25)6-8-17/h4-13H,14H2,1-3H3,(H,26,28)(H,27,29). The normalized spacial score (nSPS) is 10.2. The lowest BCUT2D eigenvalue weighted by molar-refractivity contribution is -0.118. The monoisotopic (exact) mass is 454 g/mol. The fraction of sp³-hybridized carbons (Fsp3) is 0.167. The zero-order chi connectivity index (χ0) is 23.8. The molecule has 0 fully saturated rings. The maximum Gasteiger partial charge on any atom is 0.262 e. The molecule has 9 heteroatoms. The summed E-state index contributed by atoms with van der Waals surface area (Å²) in [7, 11) is 4.46. The molecule has 0 heterocycles. The molecule has 0 aromatic heterocycles. The highest BCUT2D eigenvalue weighted by molar-refractivity contribution is 6.05. The molecule has 0 saturated heterocycles. The lowest BCUT2D eigenvalue weighted by Gasteiger charge is -2.13. The van der Waals surface area contributed by atoms with E-state index in [-0.39, 0.29) is 24.0 Å². The molecular weight excluding hydrogens is 431 g/mol. The number of hydrogen-bond donors (Lipinski definition) is 2. The van der Waals surface area contributed by atoms with Gasteiger partial charge in [0, 0.05) is 35.1 Å². The van der Waals surface area contributed by atoms with E-state index in [1.165, 1.54) is 57.7 Å². The van der Waals surface area contributed by atoms with Gasteiger partial charge in [-0.3, -0.25) is 9.59 Å². The second kappa shape index (κ2) is 10.9. The maximum absolute atomic E-state index is 13.0. The zero-order valence-corrected chi connectivity index (χ0v) is 18.3. The van der Waals surface area contributed by atoms with Crippen LogP contribution in [0.5, 0.6) is 23.0 Å². The van der Waals surface area contributed by atoms with Gasteiger partial charge in [0.2, 0.25) is 0 Å². The third-order valence-corrected chi connectivity index (χ3v) is 4.52. The van der Waals surface area contributed by atoms with E-state index in [9.17, 15) is 14.0 Å². The van der Waals surface area contributed by atoms with Crippen LogP contribution in [-0.2, 0) is 4.79 Å². The van der Waals surface area contributed by atoms with Crippen molar-refractivity contribution in [3.63, 3.8) is 0 Å². The van der Waals surface area contributed by atoms with E-state index in [2.05, 4.69) is 10.6 Å². The molecule has 8 nitrogen and oxygen atoms in total. The van der Waals surface area contributed by atoms with Crippen molar-refractivity contribution < 1.29 is 32.9 Å². The number of nitrogens with one attached hydrogen (secondary N) is 2. The summed E-state index contributed by atoms with van der Waals surface area (Å²) in [5.74, 6) is 0.409. The molecule has 33 heavy (non-hydrogen) atoms. The molecule has 3 aromatic carbocycles. The third kappa shape index (κ3) is 6.36. The van der Waals surface area contributed by atoms with Crippen molar-refractivity contribution in [3.05, 3.63) is 72.0 Å². The fourth-order valence-electron chi connectivity index (χ4n) is 2.88. The van der Waals surface area contributed by atoms with Crippen molar-refractivity contribution in [3.8, 4) is 23.0 Å². The van der Waals surface area contributed by atoms with Gasteiger partial charge in [0.15, 0.2) is 18.1 Å². The van der Waals surface area contributed by atoms with Crippen molar-refractivity contribution in [1.82, 2.24) is 0 Å². The highest BCUT2D eigenvalue weighted by Crippen LogP contribution is 2.30. The lowest BCUT2D eigenvalue weighted by atomic mass is 10.1. The van der Waals surface area contributed by atoms with Crippen molar-refractivity contribution in [2.75, 3.05) is 38.6 Å². The van der Waals surface area contributed by atoms with E-state index < -0.39 is 11.7 Å². The molecule has 0 atom stereocenters. The van der Waals surface area contributed by atoms with Crippen LogP contribution in [0.15, 0.2) is 60.7 Å². The van der Waals surface area contributed by atoms with Crippen molar-refractivity contribution >= 4 is 23.2 Å². The number of hydrogen-bond acceptors (Lipinski definition) is 6. The summed E-state index contributed by atoms with van der Waals surface area (Å²) in [6.45, 7) is -0.303. The first-order valence-electron chi connectivity index (χ1n) is 9.82. The molecule has 0 radical (unpaired) electrons. The summed E-state index contributed by atoms with van der Waals surface area (Å²) >= 11 is 0.